The van der Waals surface area contributed by atoms with Gasteiger partial charge in [-0.3, -0.25) is 4.99 Å². The Hall–Kier alpha value is -1.91. The second-order valence-electron chi connectivity index (χ2n) is 7.52. The van der Waals surface area contributed by atoms with Crippen molar-refractivity contribution in [1.82, 2.24) is 10.2 Å². The smallest absolute Gasteiger partial charge is 0.194 e. The molecule has 0 bridgehead atoms. The van der Waals surface area contributed by atoms with E-state index in [2.05, 4.69) is 44.8 Å². The van der Waals surface area contributed by atoms with Gasteiger partial charge in [0.25, 0.3) is 0 Å². The van der Waals surface area contributed by atoms with Gasteiger partial charge in [-0.05, 0) is 44.9 Å². The molecule has 1 aliphatic heterocycles. The molecule has 0 radical (unpaired) electrons. The maximum absolute atomic E-state index is 9.67. The van der Waals surface area contributed by atoms with Crippen molar-refractivity contribution in [2.45, 2.75) is 46.6 Å². The van der Waals surface area contributed by atoms with Crippen molar-refractivity contribution in [2.24, 2.45) is 10.4 Å². The molecule has 5 heteroatoms. The van der Waals surface area contributed by atoms with E-state index in [1.807, 2.05) is 12.1 Å². The lowest BCUT2D eigenvalue weighted by Gasteiger charge is -2.62. The number of phenolic OH excluding ortho intramolecular Hbond substituents is 1. The standard InChI is InChI=1S/C19H31N3O2/c1-7-20-17(22-13-18(2,3)19(22,4)5)21-11-10-14-8-9-15(23)16(12-14)24-6/h8-9,12,23H,7,10-11,13H2,1-6H3,(H,20,21). The molecule has 1 saturated heterocycles. The van der Waals surface area contributed by atoms with Crippen molar-refractivity contribution < 1.29 is 9.84 Å². The minimum absolute atomic E-state index is 0.0930. The number of ether oxygens (including phenoxy) is 1. The monoisotopic (exact) mass is 333 g/mol. The van der Waals surface area contributed by atoms with E-state index in [9.17, 15) is 5.11 Å². The number of methoxy groups -OCH3 is 1. The fraction of sp³-hybridized carbons (Fsp3) is 0.632. The van der Waals surface area contributed by atoms with Crippen LogP contribution in [0.2, 0.25) is 0 Å². The summed E-state index contributed by atoms with van der Waals surface area (Å²) < 4.78 is 5.16. The molecular formula is C19H31N3O2. The number of nitrogens with one attached hydrogen (secondary N) is 1. The largest absolute Gasteiger partial charge is 0.504 e. The molecule has 1 aliphatic rings. The summed E-state index contributed by atoms with van der Waals surface area (Å²) in [6, 6.07) is 5.45. The first kappa shape index (κ1) is 18.4. The Morgan fingerprint density at radius 1 is 1.33 bits per heavy atom. The van der Waals surface area contributed by atoms with E-state index in [0.29, 0.717) is 12.3 Å². The zero-order chi connectivity index (χ0) is 18.0. The SMILES string of the molecule is CCNC(=NCCc1ccc(O)c(OC)c1)N1CC(C)(C)C1(C)C. The van der Waals surface area contributed by atoms with Crippen LogP contribution in [0.4, 0.5) is 0 Å². The van der Waals surface area contributed by atoms with Crippen molar-refractivity contribution in [3.8, 4) is 11.5 Å². The number of hydrogen-bond acceptors (Lipinski definition) is 3. The van der Waals surface area contributed by atoms with Crippen molar-refractivity contribution in [3.05, 3.63) is 23.8 Å². The summed E-state index contributed by atoms with van der Waals surface area (Å²) in [4.78, 5) is 7.15. The Balaban J connectivity index is 2.05. The van der Waals surface area contributed by atoms with Crippen LogP contribution in [0.25, 0.3) is 0 Å². The van der Waals surface area contributed by atoms with E-state index < -0.39 is 0 Å². The third-order valence-corrected chi connectivity index (χ3v) is 5.38. The van der Waals surface area contributed by atoms with Crippen LogP contribution in [0.5, 0.6) is 11.5 Å². The molecule has 24 heavy (non-hydrogen) atoms. The van der Waals surface area contributed by atoms with Crippen LogP contribution in [-0.2, 0) is 6.42 Å². The Kier molecular flexibility index (Phi) is 5.31. The minimum atomic E-state index is 0.0930. The average Bonchev–Trinajstić information content (AvgIpc) is 2.53. The van der Waals surface area contributed by atoms with Gasteiger partial charge >= 0.3 is 0 Å². The van der Waals surface area contributed by atoms with Crippen molar-refractivity contribution >= 4 is 5.96 Å². The molecule has 0 unspecified atom stereocenters. The number of guanidine groups is 1. The fourth-order valence-corrected chi connectivity index (χ4v) is 2.96. The number of aliphatic imine (C=N–C) groups is 1. The summed E-state index contributed by atoms with van der Waals surface area (Å²) in [7, 11) is 1.56. The first-order valence-corrected chi connectivity index (χ1v) is 8.65. The lowest BCUT2D eigenvalue weighted by atomic mass is 9.65. The van der Waals surface area contributed by atoms with Crippen LogP contribution in [-0.4, -0.2) is 48.2 Å². The van der Waals surface area contributed by atoms with Gasteiger partial charge in [0.05, 0.1) is 7.11 Å². The van der Waals surface area contributed by atoms with Crippen molar-refractivity contribution in [1.29, 1.82) is 0 Å². The van der Waals surface area contributed by atoms with Gasteiger partial charge in [0.2, 0.25) is 0 Å². The molecule has 0 spiro atoms. The number of phenols is 1. The van der Waals surface area contributed by atoms with E-state index in [1.54, 1.807) is 13.2 Å². The highest BCUT2D eigenvalue weighted by Gasteiger charge is 2.53. The number of aromatic hydroxyl groups is 1. The van der Waals surface area contributed by atoms with Crippen LogP contribution in [0.3, 0.4) is 0 Å². The van der Waals surface area contributed by atoms with Gasteiger partial charge in [-0.15, -0.1) is 0 Å². The topological polar surface area (TPSA) is 57.1 Å². The maximum atomic E-state index is 9.67. The number of nitrogens with zero attached hydrogens (tertiary/aromatic N) is 2. The molecule has 0 amide bonds. The summed E-state index contributed by atoms with van der Waals surface area (Å²) in [6.45, 7) is 13.8. The minimum Gasteiger partial charge on any atom is -0.504 e. The molecule has 134 valence electrons. The molecule has 1 aromatic rings. The van der Waals surface area contributed by atoms with Gasteiger partial charge in [-0.2, -0.15) is 0 Å². The normalized spacial score (nSPS) is 18.9. The van der Waals surface area contributed by atoms with Crippen molar-refractivity contribution in [3.63, 3.8) is 0 Å². The Morgan fingerprint density at radius 2 is 2.04 bits per heavy atom. The second kappa shape index (κ2) is 6.91. The highest BCUT2D eigenvalue weighted by molar-refractivity contribution is 5.82. The Bertz CT molecular complexity index is 609. The van der Waals surface area contributed by atoms with Crippen LogP contribution >= 0.6 is 0 Å². The van der Waals surface area contributed by atoms with E-state index in [-0.39, 0.29) is 16.7 Å². The van der Waals surface area contributed by atoms with E-state index in [4.69, 9.17) is 9.73 Å². The molecule has 5 nitrogen and oxygen atoms in total. The van der Waals surface area contributed by atoms with Crippen LogP contribution < -0.4 is 10.1 Å². The van der Waals surface area contributed by atoms with Gasteiger partial charge in [0.15, 0.2) is 17.5 Å². The number of likely N-dealkylation sites (tertiary alicyclic amines) is 1. The summed E-state index contributed by atoms with van der Waals surface area (Å²) in [5.74, 6) is 1.66. The van der Waals surface area contributed by atoms with E-state index in [1.165, 1.54) is 0 Å². The van der Waals surface area contributed by atoms with E-state index >= 15 is 0 Å². The third kappa shape index (κ3) is 3.45. The van der Waals surface area contributed by atoms with Gasteiger partial charge in [0, 0.05) is 30.6 Å². The molecule has 0 atom stereocenters. The Labute approximate surface area is 145 Å². The highest BCUT2D eigenvalue weighted by atomic mass is 16.5. The summed E-state index contributed by atoms with van der Waals surface area (Å²) in [5, 5.41) is 13.1. The molecule has 0 saturated carbocycles. The van der Waals surface area contributed by atoms with Crippen LogP contribution in [0, 0.1) is 5.41 Å². The zero-order valence-electron chi connectivity index (χ0n) is 15.8. The molecule has 2 rings (SSSR count). The zero-order valence-corrected chi connectivity index (χ0v) is 15.8. The third-order valence-electron chi connectivity index (χ3n) is 5.38. The van der Waals surface area contributed by atoms with Gasteiger partial charge in [0.1, 0.15) is 0 Å². The number of rotatable bonds is 5. The number of hydrogen-bond donors (Lipinski definition) is 2. The molecule has 1 fully saturated rings. The molecule has 2 N–H and O–H groups in total. The summed E-state index contributed by atoms with van der Waals surface area (Å²) in [6.07, 6.45) is 0.809. The molecule has 1 heterocycles. The lowest BCUT2D eigenvalue weighted by Crippen LogP contribution is -2.72. The van der Waals surface area contributed by atoms with E-state index in [0.717, 1.165) is 31.0 Å². The predicted octanol–water partition coefficient (Wildman–Crippen LogP) is 3.03. The van der Waals surface area contributed by atoms with Gasteiger partial charge in [-0.25, -0.2) is 0 Å². The lowest BCUT2D eigenvalue weighted by molar-refractivity contribution is -0.0667. The Morgan fingerprint density at radius 3 is 2.58 bits per heavy atom. The van der Waals surface area contributed by atoms with Gasteiger partial charge < -0.3 is 20.1 Å². The molecule has 0 aromatic heterocycles. The first-order chi connectivity index (χ1) is 11.2. The second-order valence-corrected chi connectivity index (χ2v) is 7.52. The molecular weight excluding hydrogens is 302 g/mol. The highest BCUT2D eigenvalue weighted by Crippen LogP contribution is 2.46. The maximum Gasteiger partial charge on any atom is 0.194 e. The summed E-state index contributed by atoms with van der Waals surface area (Å²) >= 11 is 0. The van der Waals surface area contributed by atoms with Crippen LogP contribution in [0.1, 0.15) is 40.2 Å². The quantitative estimate of drug-likeness (QED) is 0.642. The van der Waals surface area contributed by atoms with Gasteiger partial charge in [-0.1, -0.05) is 19.9 Å². The summed E-state index contributed by atoms with van der Waals surface area (Å²) in [5.41, 5.74) is 1.48. The number of benzene rings is 1. The molecule has 0 aliphatic carbocycles. The van der Waals surface area contributed by atoms with Crippen LogP contribution in [0.15, 0.2) is 23.2 Å². The average molecular weight is 333 g/mol. The predicted molar refractivity (Wildman–Crippen MR) is 98.9 cm³/mol. The van der Waals surface area contributed by atoms with Crippen molar-refractivity contribution in [2.75, 3.05) is 26.7 Å². The fourth-order valence-electron chi connectivity index (χ4n) is 2.96. The molecule has 1 aromatic carbocycles. The first-order valence-electron chi connectivity index (χ1n) is 8.65.